The van der Waals surface area contributed by atoms with E-state index in [0.29, 0.717) is 12.6 Å². The second-order valence-electron chi connectivity index (χ2n) is 4.76. The molecule has 2 N–H and O–H groups in total. The lowest BCUT2D eigenvalue weighted by Crippen LogP contribution is -2.45. The maximum atomic E-state index is 5.51. The molecule has 1 atom stereocenters. The number of nitrogens with two attached hydrogens (primary N) is 1. The van der Waals surface area contributed by atoms with E-state index in [9.17, 15) is 0 Å². The van der Waals surface area contributed by atoms with Gasteiger partial charge in [-0.05, 0) is 38.6 Å². The number of likely N-dealkylation sites (tertiary alicyclic amines) is 1. The van der Waals surface area contributed by atoms with Crippen molar-refractivity contribution in [1.82, 2.24) is 15.1 Å². The van der Waals surface area contributed by atoms with E-state index in [1.807, 2.05) is 12.1 Å². The van der Waals surface area contributed by atoms with E-state index in [0.717, 1.165) is 18.1 Å². The summed E-state index contributed by atoms with van der Waals surface area (Å²) >= 11 is 0. The molecular weight excluding hydrogens is 214 g/mol. The van der Waals surface area contributed by atoms with Crippen LogP contribution in [0.15, 0.2) is 12.1 Å². The fourth-order valence-electron chi connectivity index (χ4n) is 2.29. The van der Waals surface area contributed by atoms with Crippen LogP contribution in [0.1, 0.15) is 18.5 Å². The Bertz CT molecular complexity index is 350. The number of hydrogen-bond donors (Lipinski definition) is 1. The molecule has 1 aromatic rings. The molecule has 1 saturated heterocycles. The first-order chi connectivity index (χ1) is 8.20. The molecule has 0 bridgehead atoms. The summed E-state index contributed by atoms with van der Waals surface area (Å²) in [5.74, 6) is 0.933. The predicted octanol–water partition coefficient (Wildman–Crippen LogP) is 0.466. The summed E-state index contributed by atoms with van der Waals surface area (Å²) in [5.41, 5.74) is 6.35. The molecule has 17 heavy (non-hydrogen) atoms. The third-order valence-electron chi connectivity index (χ3n) is 3.42. The van der Waals surface area contributed by atoms with Gasteiger partial charge in [0.2, 0.25) is 0 Å². The maximum absolute atomic E-state index is 5.51. The molecule has 1 aromatic heterocycles. The Morgan fingerprint density at radius 3 is 2.88 bits per heavy atom. The molecule has 0 spiro atoms. The summed E-state index contributed by atoms with van der Waals surface area (Å²) in [6, 6.07) is 4.49. The number of piperidine rings is 1. The summed E-state index contributed by atoms with van der Waals surface area (Å²) < 4.78 is 0. The number of anilines is 1. The highest BCUT2D eigenvalue weighted by atomic mass is 15.3. The van der Waals surface area contributed by atoms with Crippen molar-refractivity contribution >= 4 is 5.82 Å². The fourth-order valence-corrected chi connectivity index (χ4v) is 2.29. The molecule has 1 fully saturated rings. The van der Waals surface area contributed by atoms with Crippen LogP contribution in [0.4, 0.5) is 5.82 Å². The van der Waals surface area contributed by atoms with Crippen LogP contribution in [0.2, 0.25) is 0 Å². The summed E-state index contributed by atoms with van der Waals surface area (Å²) in [6.45, 7) is 2.74. The van der Waals surface area contributed by atoms with Crippen molar-refractivity contribution < 1.29 is 0 Å². The maximum Gasteiger partial charge on any atom is 0.151 e. The molecule has 5 nitrogen and oxygen atoms in total. The third-order valence-corrected chi connectivity index (χ3v) is 3.42. The van der Waals surface area contributed by atoms with Gasteiger partial charge in [0.25, 0.3) is 0 Å². The van der Waals surface area contributed by atoms with Crippen molar-refractivity contribution in [3.05, 3.63) is 17.8 Å². The van der Waals surface area contributed by atoms with Gasteiger partial charge in [-0.1, -0.05) is 0 Å². The van der Waals surface area contributed by atoms with Gasteiger partial charge in [0.05, 0.1) is 5.69 Å². The van der Waals surface area contributed by atoms with E-state index in [2.05, 4.69) is 34.1 Å². The Balaban J connectivity index is 2.04. The normalized spacial score (nSPS) is 21.5. The molecule has 0 aliphatic carbocycles. The number of rotatable bonds is 3. The molecule has 0 aromatic carbocycles. The van der Waals surface area contributed by atoms with E-state index in [1.165, 1.54) is 19.4 Å². The van der Waals surface area contributed by atoms with E-state index in [4.69, 9.17) is 5.73 Å². The number of aromatic nitrogens is 2. The third kappa shape index (κ3) is 2.92. The zero-order chi connectivity index (χ0) is 12.3. The zero-order valence-electron chi connectivity index (χ0n) is 10.6. The Morgan fingerprint density at radius 2 is 2.29 bits per heavy atom. The first-order valence-corrected chi connectivity index (χ1v) is 6.14. The Hall–Kier alpha value is -1.20. The summed E-state index contributed by atoms with van der Waals surface area (Å²) in [6.07, 6.45) is 2.47. The Morgan fingerprint density at radius 1 is 1.47 bits per heavy atom. The van der Waals surface area contributed by atoms with Crippen LogP contribution >= 0.6 is 0 Å². The summed E-state index contributed by atoms with van der Waals surface area (Å²) in [4.78, 5) is 4.59. The van der Waals surface area contributed by atoms with Crippen molar-refractivity contribution in [2.24, 2.45) is 5.73 Å². The largest absolute Gasteiger partial charge is 0.354 e. The molecule has 0 amide bonds. The van der Waals surface area contributed by atoms with Crippen molar-refractivity contribution in [2.75, 3.05) is 32.1 Å². The second kappa shape index (κ2) is 5.42. The van der Waals surface area contributed by atoms with Crippen LogP contribution in [0.3, 0.4) is 0 Å². The minimum atomic E-state index is 0.448. The Labute approximate surface area is 103 Å². The standard InChI is InChI=1S/C12H21N5/c1-16-7-3-4-11(9-16)17(2)12-6-5-10(8-13)14-15-12/h5-6,11H,3-4,7-9,13H2,1-2H3. The smallest absolute Gasteiger partial charge is 0.151 e. The SMILES string of the molecule is CN1CCCC(N(C)c2ccc(CN)nn2)C1. The minimum absolute atomic E-state index is 0.448. The van der Waals surface area contributed by atoms with Gasteiger partial charge < -0.3 is 15.5 Å². The van der Waals surface area contributed by atoms with Crippen molar-refractivity contribution in [3.8, 4) is 0 Å². The van der Waals surface area contributed by atoms with Crippen molar-refractivity contribution in [1.29, 1.82) is 0 Å². The molecule has 0 saturated carbocycles. The minimum Gasteiger partial charge on any atom is -0.354 e. The first kappa shape index (κ1) is 12.3. The van der Waals surface area contributed by atoms with Gasteiger partial charge in [-0.15, -0.1) is 5.10 Å². The lowest BCUT2D eigenvalue weighted by Gasteiger charge is -2.36. The molecule has 0 radical (unpaired) electrons. The monoisotopic (exact) mass is 235 g/mol. The number of likely N-dealkylation sites (N-methyl/N-ethyl adjacent to an activating group) is 2. The fraction of sp³-hybridized carbons (Fsp3) is 0.667. The number of nitrogens with zero attached hydrogens (tertiary/aromatic N) is 4. The van der Waals surface area contributed by atoms with Crippen LogP contribution in [0.25, 0.3) is 0 Å². The summed E-state index contributed by atoms with van der Waals surface area (Å²) in [5, 5.41) is 8.33. The van der Waals surface area contributed by atoms with Crippen molar-refractivity contribution in [3.63, 3.8) is 0 Å². The quantitative estimate of drug-likeness (QED) is 0.825. The highest BCUT2D eigenvalue weighted by Crippen LogP contribution is 2.18. The van der Waals surface area contributed by atoms with Gasteiger partial charge in [-0.25, -0.2) is 0 Å². The first-order valence-electron chi connectivity index (χ1n) is 6.14. The molecule has 1 aliphatic heterocycles. The second-order valence-corrected chi connectivity index (χ2v) is 4.76. The lowest BCUT2D eigenvalue weighted by molar-refractivity contribution is 0.247. The van der Waals surface area contributed by atoms with Crippen LogP contribution < -0.4 is 10.6 Å². The highest BCUT2D eigenvalue weighted by molar-refractivity contribution is 5.37. The van der Waals surface area contributed by atoms with Crippen LogP contribution in [0, 0.1) is 0 Å². The average Bonchev–Trinajstić information content (AvgIpc) is 2.38. The van der Waals surface area contributed by atoms with Crippen LogP contribution in [-0.2, 0) is 6.54 Å². The summed E-state index contributed by atoms with van der Waals surface area (Å²) in [7, 11) is 4.26. The van der Waals surface area contributed by atoms with Crippen LogP contribution in [0.5, 0.6) is 0 Å². The van der Waals surface area contributed by atoms with Crippen LogP contribution in [-0.4, -0.2) is 48.3 Å². The molecular formula is C12H21N5. The molecule has 5 heteroatoms. The zero-order valence-corrected chi connectivity index (χ0v) is 10.6. The molecule has 94 valence electrons. The van der Waals surface area contributed by atoms with E-state index >= 15 is 0 Å². The molecule has 1 unspecified atom stereocenters. The van der Waals surface area contributed by atoms with E-state index in [-0.39, 0.29) is 0 Å². The number of hydrogen-bond acceptors (Lipinski definition) is 5. The predicted molar refractivity (Wildman–Crippen MR) is 68.8 cm³/mol. The van der Waals surface area contributed by atoms with Gasteiger partial charge in [0.1, 0.15) is 0 Å². The molecule has 2 heterocycles. The molecule has 1 aliphatic rings. The lowest BCUT2D eigenvalue weighted by atomic mass is 10.1. The van der Waals surface area contributed by atoms with Gasteiger partial charge in [0, 0.05) is 26.2 Å². The van der Waals surface area contributed by atoms with Gasteiger partial charge >= 0.3 is 0 Å². The van der Waals surface area contributed by atoms with Gasteiger partial charge in [0.15, 0.2) is 5.82 Å². The van der Waals surface area contributed by atoms with E-state index < -0.39 is 0 Å². The molecule has 2 rings (SSSR count). The average molecular weight is 235 g/mol. The van der Waals surface area contributed by atoms with Crippen molar-refractivity contribution in [2.45, 2.75) is 25.4 Å². The highest BCUT2D eigenvalue weighted by Gasteiger charge is 2.22. The van der Waals surface area contributed by atoms with E-state index in [1.54, 1.807) is 0 Å². The van der Waals surface area contributed by atoms with Gasteiger partial charge in [-0.3, -0.25) is 0 Å². The van der Waals surface area contributed by atoms with Gasteiger partial charge in [-0.2, -0.15) is 5.10 Å². The Kier molecular flexibility index (Phi) is 3.91. The topological polar surface area (TPSA) is 58.3 Å².